The first-order valence-corrected chi connectivity index (χ1v) is 9.82. The number of amides is 1. The van der Waals surface area contributed by atoms with Crippen LogP contribution in [0.1, 0.15) is 38.9 Å². The second-order valence-electron chi connectivity index (χ2n) is 6.27. The zero-order valence-corrected chi connectivity index (χ0v) is 17.1. The summed E-state index contributed by atoms with van der Waals surface area (Å²) in [7, 11) is 1.82. The first kappa shape index (κ1) is 19.4. The molecule has 0 N–H and O–H groups in total. The van der Waals surface area contributed by atoms with Crippen molar-refractivity contribution in [3.63, 3.8) is 0 Å². The summed E-state index contributed by atoms with van der Waals surface area (Å²) in [4.78, 5) is 19.8. The highest BCUT2D eigenvalue weighted by Crippen LogP contribution is 2.26. The summed E-state index contributed by atoms with van der Waals surface area (Å²) in [6.45, 7) is 4.20. The normalized spacial score (nSPS) is 11.9. The summed E-state index contributed by atoms with van der Waals surface area (Å²) in [5.41, 5.74) is 1.83. The van der Waals surface area contributed by atoms with Crippen molar-refractivity contribution in [2.45, 2.75) is 26.5 Å². The van der Waals surface area contributed by atoms with Gasteiger partial charge in [-0.25, -0.2) is 4.98 Å². The maximum atomic E-state index is 12.9. The van der Waals surface area contributed by atoms with Gasteiger partial charge in [0, 0.05) is 12.1 Å². The van der Waals surface area contributed by atoms with E-state index >= 15 is 0 Å². The molecule has 0 saturated heterocycles. The smallest absolute Gasteiger partial charge is 0.266 e. The van der Waals surface area contributed by atoms with Crippen LogP contribution in [0.5, 0.6) is 5.75 Å². The standard InChI is InChI=1S/C21H21ClN2O2S/c1-14-20(21(25)24(3)15(2)16-7-5-4-6-8-16)27-19(23-14)13-26-18-11-9-17(22)10-12-18/h4-12,15H,13H2,1-3H3. The molecule has 0 radical (unpaired) electrons. The molecule has 2 aromatic carbocycles. The van der Waals surface area contributed by atoms with Crippen LogP contribution >= 0.6 is 22.9 Å². The van der Waals surface area contributed by atoms with Crippen LogP contribution in [0.25, 0.3) is 0 Å². The van der Waals surface area contributed by atoms with Crippen LogP contribution in [0, 0.1) is 6.92 Å². The lowest BCUT2D eigenvalue weighted by Gasteiger charge is -2.25. The molecule has 0 aliphatic heterocycles. The quantitative estimate of drug-likeness (QED) is 0.547. The highest BCUT2D eigenvalue weighted by atomic mass is 35.5. The van der Waals surface area contributed by atoms with E-state index < -0.39 is 0 Å². The highest BCUT2D eigenvalue weighted by molar-refractivity contribution is 7.13. The van der Waals surface area contributed by atoms with Crippen LogP contribution in [0.15, 0.2) is 54.6 Å². The topological polar surface area (TPSA) is 42.4 Å². The van der Waals surface area contributed by atoms with Gasteiger partial charge in [-0.1, -0.05) is 41.9 Å². The van der Waals surface area contributed by atoms with Gasteiger partial charge >= 0.3 is 0 Å². The van der Waals surface area contributed by atoms with Gasteiger partial charge in [0.05, 0.1) is 11.7 Å². The highest BCUT2D eigenvalue weighted by Gasteiger charge is 2.23. The van der Waals surface area contributed by atoms with E-state index in [9.17, 15) is 4.79 Å². The van der Waals surface area contributed by atoms with E-state index in [-0.39, 0.29) is 11.9 Å². The van der Waals surface area contributed by atoms with E-state index in [0.717, 1.165) is 22.0 Å². The Hall–Kier alpha value is -2.37. The molecule has 27 heavy (non-hydrogen) atoms. The van der Waals surface area contributed by atoms with Crippen LogP contribution in [0.4, 0.5) is 0 Å². The van der Waals surface area contributed by atoms with E-state index in [4.69, 9.17) is 16.3 Å². The van der Waals surface area contributed by atoms with Gasteiger partial charge in [0.1, 0.15) is 22.2 Å². The first-order valence-electron chi connectivity index (χ1n) is 8.62. The monoisotopic (exact) mass is 400 g/mol. The summed E-state index contributed by atoms with van der Waals surface area (Å²) < 4.78 is 5.74. The van der Waals surface area contributed by atoms with E-state index in [0.29, 0.717) is 16.5 Å². The molecule has 0 fully saturated rings. The van der Waals surface area contributed by atoms with Gasteiger partial charge in [-0.3, -0.25) is 4.79 Å². The molecule has 0 spiro atoms. The van der Waals surface area contributed by atoms with E-state index in [1.165, 1.54) is 11.3 Å². The van der Waals surface area contributed by atoms with Gasteiger partial charge in [-0.2, -0.15) is 0 Å². The number of nitrogens with zero attached hydrogens (tertiary/aromatic N) is 2. The maximum Gasteiger partial charge on any atom is 0.266 e. The predicted molar refractivity (Wildman–Crippen MR) is 110 cm³/mol. The lowest BCUT2D eigenvalue weighted by Crippen LogP contribution is -2.29. The van der Waals surface area contributed by atoms with Crippen molar-refractivity contribution < 1.29 is 9.53 Å². The molecule has 4 nitrogen and oxygen atoms in total. The fourth-order valence-electron chi connectivity index (χ4n) is 2.68. The molecule has 1 heterocycles. The minimum Gasteiger partial charge on any atom is -0.486 e. The van der Waals surface area contributed by atoms with E-state index in [1.807, 2.05) is 63.4 Å². The third-order valence-corrected chi connectivity index (χ3v) is 5.77. The van der Waals surface area contributed by atoms with Crippen molar-refractivity contribution in [1.29, 1.82) is 0 Å². The molecule has 1 aromatic heterocycles. The van der Waals surface area contributed by atoms with Gasteiger partial charge in [0.15, 0.2) is 0 Å². The maximum absolute atomic E-state index is 12.9. The van der Waals surface area contributed by atoms with Crippen LogP contribution in [-0.4, -0.2) is 22.8 Å². The number of hydrogen-bond donors (Lipinski definition) is 0. The number of aryl methyl sites for hydroxylation is 1. The summed E-state index contributed by atoms with van der Waals surface area (Å²) in [6, 6.07) is 17.1. The number of benzene rings is 2. The van der Waals surface area contributed by atoms with Crippen LogP contribution in [0.2, 0.25) is 5.02 Å². The third kappa shape index (κ3) is 4.67. The Labute approximate surface area is 168 Å². The number of hydrogen-bond acceptors (Lipinski definition) is 4. The predicted octanol–water partition coefficient (Wildman–Crippen LogP) is 5.52. The van der Waals surface area contributed by atoms with Gasteiger partial charge in [-0.05, 0) is 43.7 Å². The number of rotatable bonds is 6. The second kappa shape index (κ2) is 8.55. The molecule has 3 rings (SSSR count). The van der Waals surface area contributed by atoms with E-state index in [2.05, 4.69) is 4.98 Å². The van der Waals surface area contributed by atoms with Crippen molar-refractivity contribution in [2.75, 3.05) is 7.05 Å². The van der Waals surface area contributed by atoms with Crippen LogP contribution in [0.3, 0.4) is 0 Å². The average Bonchev–Trinajstić information content (AvgIpc) is 3.07. The minimum atomic E-state index is -0.0286. The Kier molecular flexibility index (Phi) is 6.14. The van der Waals surface area contributed by atoms with Gasteiger partial charge in [0.25, 0.3) is 5.91 Å². The molecule has 0 bridgehead atoms. The lowest BCUT2D eigenvalue weighted by atomic mass is 10.1. The third-order valence-electron chi connectivity index (χ3n) is 4.39. The van der Waals surface area contributed by atoms with Crippen molar-refractivity contribution in [1.82, 2.24) is 9.88 Å². The molecule has 1 unspecified atom stereocenters. The zero-order chi connectivity index (χ0) is 19.4. The molecule has 140 valence electrons. The SMILES string of the molecule is Cc1nc(COc2ccc(Cl)cc2)sc1C(=O)N(C)C(C)c1ccccc1. The Morgan fingerprint density at radius 3 is 2.52 bits per heavy atom. The molecular weight excluding hydrogens is 380 g/mol. The number of halogens is 1. The van der Waals surface area contributed by atoms with Crippen LogP contribution in [-0.2, 0) is 6.61 Å². The fraction of sp³-hybridized carbons (Fsp3) is 0.238. The second-order valence-corrected chi connectivity index (χ2v) is 7.79. The first-order chi connectivity index (χ1) is 13.0. The number of thiazole rings is 1. The fourth-order valence-corrected chi connectivity index (χ4v) is 3.77. The zero-order valence-electron chi connectivity index (χ0n) is 15.5. The number of carbonyl (C=O) groups is 1. The summed E-state index contributed by atoms with van der Waals surface area (Å²) >= 11 is 7.26. The van der Waals surface area contributed by atoms with Crippen molar-refractivity contribution in [3.8, 4) is 5.75 Å². The largest absolute Gasteiger partial charge is 0.486 e. The Bertz CT molecular complexity index is 910. The molecule has 1 atom stereocenters. The molecule has 0 aliphatic rings. The Morgan fingerprint density at radius 1 is 1.19 bits per heavy atom. The van der Waals surface area contributed by atoms with E-state index in [1.54, 1.807) is 17.0 Å². The lowest BCUT2D eigenvalue weighted by molar-refractivity contribution is 0.0746. The van der Waals surface area contributed by atoms with Crippen molar-refractivity contribution >= 4 is 28.8 Å². The number of carbonyl (C=O) groups excluding carboxylic acids is 1. The average molecular weight is 401 g/mol. The molecule has 6 heteroatoms. The minimum absolute atomic E-state index is 0.0195. The summed E-state index contributed by atoms with van der Waals surface area (Å²) in [5.74, 6) is 0.689. The number of ether oxygens (including phenoxy) is 1. The molecule has 0 aliphatic carbocycles. The number of aromatic nitrogens is 1. The van der Waals surface area contributed by atoms with Crippen molar-refractivity contribution in [3.05, 3.63) is 80.8 Å². The Morgan fingerprint density at radius 2 is 1.85 bits per heavy atom. The molecule has 0 saturated carbocycles. The van der Waals surface area contributed by atoms with Crippen LogP contribution < -0.4 is 4.74 Å². The van der Waals surface area contributed by atoms with Gasteiger partial charge in [-0.15, -0.1) is 11.3 Å². The summed E-state index contributed by atoms with van der Waals surface area (Å²) in [6.07, 6.45) is 0. The molecule has 3 aromatic rings. The summed E-state index contributed by atoms with van der Waals surface area (Å²) in [5, 5.41) is 1.43. The molecular formula is C21H21ClN2O2S. The van der Waals surface area contributed by atoms with Crippen molar-refractivity contribution in [2.24, 2.45) is 0 Å². The Balaban J connectivity index is 1.69. The molecule has 1 amide bonds. The van der Waals surface area contributed by atoms with Gasteiger partial charge in [0.2, 0.25) is 0 Å². The van der Waals surface area contributed by atoms with Gasteiger partial charge < -0.3 is 9.64 Å².